The third-order valence-corrected chi connectivity index (χ3v) is 7.59. The zero-order valence-electron chi connectivity index (χ0n) is 12.7. The normalized spacial score (nSPS) is 31.6. The summed E-state index contributed by atoms with van der Waals surface area (Å²) in [5, 5.41) is 4.30. The molecule has 2 aromatic rings. The maximum atomic E-state index is 13.3. The molecule has 0 spiro atoms. The molecular formula is C19H22OS2. The van der Waals surface area contributed by atoms with Gasteiger partial charge in [0.2, 0.25) is 0 Å². The fourth-order valence-corrected chi connectivity index (χ4v) is 6.42. The first-order valence-electron chi connectivity index (χ1n) is 8.45. The van der Waals surface area contributed by atoms with Crippen molar-refractivity contribution in [1.29, 1.82) is 0 Å². The Balaban J connectivity index is 1.55. The highest BCUT2D eigenvalue weighted by Gasteiger charge is 2.42. The van der Waals surface area contributed by atoms with Crippen LogP contribution in [-0.4, -0.2) is 5.78 Å². The Hall–Kier alpha value is -0.930. The minimum Gasteiger partial charge on any atom is -0.299 e. The summed E-state index contributed by atoms with van der Waals surface area (Å²) in [7, 11) is 0. The van der Waals surface area contributed by atoms with Crippen molar-refractivity contribution in [2.75, 3.05) is 0 Å². The van der Waals surface area contributed by atoms with Crippen LogP contribution in [-0.2, 0) is 4.79 Å². The molecule has 0 radical (unpaired) electrons. The Labute approximate surface area is 140 Å². The molecule has 2 saturated carbocycles. The van der Waals surface area contributed by atoms with Gasteiger partial charge < -0.3 is 0 Å². The van der Waals surface area contributed by atoms with Crippen molar-refractivity contribution in [1.82, 2.24) is 0 Å². The second-order valence-electron chi connectivity index (χ2n) is 6.72. The minimum atomic E-state index is 0.282. The first-order chi connectivity index (χ1) is 10.8. The summed E-state index contributed by atoms with van der Waals surface area (Å²) >= 11 is 3.66. The van der Waals surface area contributed by atoms with Gasteiger partial charge in [-0.25, -0.2) is 0 Å². The number of Topliss-reactive ketones (excluding diaryl/α,β-unsaturated/α-hetero) is 1. The van der Waals surface area contributed by atoms with E-state index in [4.69, 9.17) is 0 Å². The number of rotatable bonds is 4. The van der Waals surface area contributed by atoms with Crippen LogP contribution in [0.4, 0.5) is 0 Å². The zero-order chi connectivity index (χ0) is 14.9. The number of ketones is 1. The lowest BCUT2D eigenvalue weighted by Gasteiger charge is -2.24. The molecule has 1 nitrogen and oxygen atoms in total. The molecule has 4 rings (SSSR count). The number of carbonyl (C=O) groups is 1. The predicted molar refractivity (Wildman–Crippen MR) is 93.8 cm³/mol. The zero-order valence-corrected chi connectivity index (χ0v) is 14.4. The molecule has 4 atom stereocenters. The van der Waals surface area contributed by atoms with Crippen molar-refractivity contribution in [3.63, 3.8) is 0 Å². The van der Waals surface area contributed by atoms with Crippen molar-refractivity contribution in [3.8, 4) is 0 Å². The highest BCUT2D eigenvalue weighted by Crippen LogP contribution is 2.48. The van der Waals surface area contributed by atoms with Crippen molar-refractivity contribution < 1.29 is 4.79 Å². The molecule has 116 valence electrons. The predicted octanol–water partition coefficient (Wildman–Crippen LogP) is 5.85. The monoisotopic (exact) mass is 330 g/mol. The Kier molecular flexibility index (Phi) is 4.19. The van der Waals surface area contributed by atoms with E-state index in [0.29, 0.717) is 17.6 Å². The van der Waals surface area contributed by atoms with E-state index in [2.05, 4.69) is 35.0 Å². The van der Waals surface area contributed by atoms with E-state index in [0.717, 1.165) is 12.8 Å². The molecule has 2 heterocycles. The smallest absolute Gasteiger partial charge is 0.140 e. The van der Waals surface area contributed by atoms with Crippen LogP contribution in [0.25, 0.3) is 0 Å². The van der Waals surface area contributed by atoms with Gasteiger partial charge in [-0.05, 0) is 48.6 Å². The van der Waals surface area contributed by atoms with Crippen molar-refractivity contribution >= 4 is 28.5 Å². The summed E-state index contributed by atoms with van der Waals surface area (Å²) in [4.78, 5) is 16.1. The molecule has 0 amide bonds. The first-order valence-corrected chi connectivity index (χ1v) is 10.2. The number of hydrogen-bond donors (Lipinski definition) is 0. The van der Waals surface area contributed by atoms with Gasteiger partial charge in [0.1, 0.15) is 5.78 Å². The lowest BCUT2D eigenvalue weighted by molar-refractivity contribution is -0.127. The first kappa shape index (κ1) is 14.6. The maximum Gasteiger partial charge on any atom is 0.140 e. The molecule has 0 saturated heterocycles. The third-order valence-electron chi connectivity index (χ3n) is 5.58. The van der Waals surface area contributed by atoms with Gasteiger partial charge >= 0.3 is 0 Å². The molecule has 0 aliphatic heterocycles. The van der Waals surface area contributed by atoms with Gasteiger partial charge in [0, 0.05) is 33.4 Å². The van der Waals surface area contributed by atoms with E-state index < -0.39 is 0 Å². The number of hydrogen-bond acceptors (Lipinski definition) is 3. The largest absolute Gasteiger partial charge is 0.299 e. The lowest BCUT2D eigenvalue weighted by atomic mass is 9.80. The van der Waals surface area contributed by atoms with Gasteiger partial charge in [-0.15, -0.1) is 22.7 Å². The van der Waals surface area contributed by atoms with E-state index in [9.17, 15) is 4.79 Å². The van der Waals surface area contributed by atoms with Gasteiger partial charge in [-0.1, -0.05) is 25.0 Å². The average Bonchev–Trinajstić information content (AvgIpc) is 3.35. The van der Waals surface area contributed by atoms with E-state index in [1.54, 1.807) is 0 Å². The molecule has 0 aromatic carbocycles. The molecule has 3 heteroatoms. The van der Waals surface area contributed by atoms with Crippen LogP contribution in [0.5, 0.6) is 0 Å². The molecule has 22 heavy (non-hydrogen) atoms. The van der Waals surface area contributed by atoms with Gasteiger partial charge in [-0.2, -0.15) is 0 Å². The van der Waals surface area contributed by atoms with Crippen LogP contribution in [0.3, 0.4) is 0 Å². The van der Waals surface area contributed by atoms with Crippen LogP contribution in [0.2, 0.25) is 0 Å². The van der Waals surface area contributed by atoms with Gasteiger partial charge in [0.25, 0.3) is 0 Å². The van der Waals surface area contributed by atoms with Crippen LogP contribution in [0.1, 0.15) is 60.1 Å². The van der Waals surface area contributed by atoms with Gasteiger partial charge in [0.05, 0.1) is 0 Å². The summed E-state index contributed by atoms with van der Waals surface area (Å²) in [6.07, 6.45) is 7.05. The molecule has 0 bridgehead atoms. The van der Waals surface area contributed by atoms with Crippen LogP contribution in [0.15, 0.2) is 35.0 Å². The Bertz CT molecular complexity index is 560. The average molecular weight is 331 g/mol. The molecule has 2 aliphatic rings. The highest BCUT2D eigenvalue weighted by molar-refractivity contribution is 7.10. The molecule has 2 fully saturated rings. The van der Waals surface area contributed by atoms with Crippen LogP contribution < -0.4 is 0 Å². The maximum absolute atomic E-state index is 13.3. The summed E-state index contributed by atoms with van der Waals surface area (Å²) in [5.74, 6) is 2.13. The Morgan fingerprint density at radius 2 is 1.32 bits per heavy atom. The minimum absolute atomic E-state index is 0.282. The molecular weight excluding hydrogens is 308 g/mol. The summed E-state index contributed by atoms with van der Waals surface area (Å²) in [6, 6.07) is 8.71. The topological polar surface area (TPSA) is 17.1 Å². The summed E-state index contributed by atoms with van der Waals surface area (Å²) in [6.45, 7) is 0. The third kappa shape index (κ3) is 2.59. The SMILES string of the molecule is O=C(C1CCCC1c1cccs1)C1CCCC1c1cccs1. The summed E-state index contributed by atoms with van der Waals surface area (Å²) in [5.41, 5.74) is 0. The second kappa shape index (κ2) is 6.29. The van der Waals surface area contributed by atoms with Gasteiger partial charge in [0.15, 0.2) is 0 Å². The summed E-state index contributed by atoms with van der Waals surface area (Å²) < 4.78 is 0. The number of carbonyl (C=O) groups excluding carboxylic acids is 1. The fourth-order valence-electron chi connectivity index (χ4n) is 4.56. The van der Waals surface area contributed by atoms with E-state index in [1.165, 1.54) is 35.4 Å². The van der Waals surface area contributed by atoms with Crippen LogP contribution in [0, 0.1) is 11.8 Å². The van der Waals surface area contributed by atoms with Crippen molar-refractivity contribution in [2.24, 2.45) is 11.8 Å². The Morgan fingerprint density at radius 3 is 1.73 bits per heavy atom. The second-order valence-corrected chi connectivity index (χ2v) is 8.68. The van der Waals surface area contributed by atoms with Gasteiger partial charge in [-0.3, -0.25) is 4.79 Å². The molecule has 2 aromatic heterocycles. The van der Waals surface area contributed by atoms with E-state index in [-0.39, 0.29) is 11.8 Å². The number of thiophene rings is 2. The standard InChI is InChI=1S/C19H22OS2/c20-19(15-7-1-5-13(15)17-9-3-11-21-17)16-8-2-6-14(16)18-10-4-12-22-18/h3-4,9-16H,1-2,5-8H2. The Morgan fingerprint density at radius 1 is 0.818 bits per heavy atom. The quantitative estimate of drug-likeness (QED) is 0.687. The fraction of sp³-hybridized carbons (Fsp3) is 0.526. The van der Waals surface area contributed by atoms with Crippen molar-refractivity contribution in [2.45, 2.75) is 50.4 Å². The molecule has 2 aliphatic carbocycles. The molecule has 0 N–H and O–H groups in total. The van der Waals surface area contributed by atoms with Crippen molar-refractivity contribution in [3.05, 3.63) is 44.8 Å². The van der Waals surface area contributed by atoms with E-state index in [1.807, 2.05) is 22.7 Å². The lowest BCUT2D eigenvalue weighted by Crippen LogP contribution is -2.26. The highest BCUT2D eigenvalue weighted by atomic mass is 32.1. The van der Waals surface area contributed by atoms with E-state index >= 15 is 0 Å². The molecule has 4 unspecified atom stereocenters. The van der Waals surface area contributed by atoms with Crippen LogP contribution >= 0.6 is 22.7 Å².